The molecule has 5 nitrogen and oxygen atoms in total. The number of benzene rings is 2. The second kappa shape index (κ2) is 7.52. The van der Waals surface area contributed by atoms with Gasteiger partial charge in [0.2, 0.25) is 0 Å². The minimum Gasteiger partial charge on any atom is -0.349 e. The van der Waals surface area contributed by atoms with Gasteiger partial charge in [-0.1, -0.05) is 43.6 Å². The molecular formula is C20H23ClN2O3S. The third-order valence-electron chi connectivity index (χ3n) is 4.96. The van der Waals surface area contributed by atoms with E-state index in [-0.39, 0.29) is 33.3 Å². The number of rotatable bonds is 5. The lowest BCUT2D eigenvalue weighted by atomic mass is 10.1. The first kappa shape index (κ1) is 19.7. The summed E-state index contributed by atoms with van der Waals surface area (Å²) in [5, 5.41) is 2.99. The van der Waals surface area contributed by atoms with Gasteiger partial charge in [-0.05, 0) is 49.1 Å². The number of hydrogen-bond donors (Lipinski definition) is 1. The smallest absolute Gasteiger partial charge is 0.265 e. The van der Waals surface area contributed by atoms with Crippen molar-refractivity contribution in [3.63, 3.8) is 0 Å². The Kier molecular flexibility index (Phi) is 5.49. The number of hydrogen-bond acceptors (Lipinski definition) is 3. The lowest BCUT2D eigenvalue weighted by Gasteiger charge is -2.21. The largest absolute Gasteiger partial charge is 0.349 e. The number of fused-ring (bicyclic) bond motifs is 1. The number of nitrogens with zero attached hydrogens (tertiary/aromatic N) is 1. The average Bonchev–Trinajstić information content (AvgIpc) is 3.06. The zero-order valence-corrected chi connectivity index (χ0v) is 17.1. The topological polar surface area (TPSA) is 66.5 Å². The van der Waals surface area contributed by atoms with Gasteiger partial charge in [0.1, 0.15) is 4.90 Å². The van der Waals surface area contributed by atoms with Crippen LogP contribution in [0.1, 0.15) is 36.7 Å². The van der Waals surface area contributed by atoms with Crippen molar-refractivity contribution in [2.75, 3.05) is 10.8 Å². The van der Waals surface area contributed by atoms with Gasteiger partial charge in [-0.2, -0.15) is 0 Å². The summed E-state index contributed by atoms with van der Waals surface area (Å²) >= 11 is 6.21. The maximum atomic E-state index is 13.2. The molecule has 0 aliphatic carbocycles. The maximum Gasteiger partial charge on any atom is 0.265 e. The first-order valence-electron chi connectivity index (χ1n) is 8.93. The van der Waals surface area contributed by atoms with Crippen LogP contribution in [0.4, 0.5) is 5.69 Å². The molecule has 1 N–H and O–H groups in total. The molecule has 3 rings (SSSR count). The molecule has 1 aliphatic heterocycles. The average molecular weight is 407 g/mol. The number of nitrogens with one attached hydrogen (secondary N) is 1. The van der Waals surface area contributed by atoms with E-state index in [2.05, 4.69) is 5.32 Å². The van der Waals surface area contributed by atoms with Crippen LogP contribution < -0.4 is 9.62 Å². The standard InChI is InChI=1S/C20H23ClN2O3S/c1-13(2)14(3)22-20(24)16-8-9-17(21)19(12-16)27(25,26)23-11-10-15-6-4-5-7-18(15)23/h4-9,12-14H,10-11H2,1-3H3,(H,22,24)/t14-/m1/s1. The molecule has 7 heteroatoms. The molecule has 1 atom stereocenters. The summed E-state index contributed by atoms with van der Waals surface area (Å²) in [6.07, 6.45) is 0.652. The van der Waals surface area contributed by atoms with Crippen LogP contribution in [0.3, 0.4) is 0 Å². The predicted molar refractivity (Wildman–Crippen MR) is 108 cm³/mol. The van der Waals surface area contributed by atoms with E-state index in [9.17, 15) is 13.2 Å². The molecule has 1 amide bonds. The van der Waals surface area contributed by atoms with Crippen LogP contribution in [0.25, 0.3) is 0 Å². The van der Waals surface area contributed by atoms with Gasteiger partial charge in [0.05, 0.1) is 10.7 Å². The first-order chi connectivity index (χ1) is 12.7. The van der Waals surface area contributed by atoms with Crippen LogP contribution in [0.2, 0.25) is 5.02 Å². The summed E-state index contributed by atoms with van der Waals surface area (Å²) in [7, 11) is -3.86. The quantitative estimate of drug-likeness (QED) is 0.819. The van der Waals surface area contributed by atoms with Gasteiger partial charge in [-0.25, -0.2) is 8.42 Å². The number of halogens is 1. The molecule has 2 aromatic rings. The molecule has 0 fully saturated rings. The van der Waals surface area contributed by atoms with E-state index in [1.54, 1.807) is 12.1 Å². The number of sulfonamides is 1. The summed E-state index contributed by atoms with van der Waals surface area (Å²) in [6.45, 7) is 6.29. The normalized spacial score (nSPS) is 14.9. The van der Waals surface area contributed by atoms with Crippen molar-refractivity contribution >= 4 is 33.2 Å². The van der Waals surface area contributed by atoms with Crippen LogP contribution >= 0.6 is 11.6 Å². The Morgan fingerprint density at radius 1 is 1.15 bits per heavy atom. The summed E-state index contributed by atoms with van der Waals surface area (Å²) < 4.78 is 27.8. The number of amides is 1. The van der Waals surface area contributed by atoms with Crippen LogP contribution in [0.5, 0.6) is 0 Å². The van der Waals surface area contributed by atoms with Gasteiger partial charge in [0.15, 0.2) is 0 Å². The summed E-state index contributed by atoms with van der Waals surface area (Å²) in [6, 6.07) is 11.7. The highest BCUT2D eigenvalue weighted by Gasteiger charge is 2.32. The van der Waals surface area contributed by atoms with Crippen LogP contribution in [-0.4, -0.2) is 26.9 Å². The number of carbonyl (C=O) groups is 1. The van der Waals surface area contributed by atoms with Crippen LogP contribution in [0, 0.1) is 5.92 Å². The Labute approximate surface area is 165 Å². The molecule has 0 saturated carbocycles. The van der Waals surface area contributed by atoms with Gasteiger partial charge < -0.3 is 5.32 Å². The molecule has 27 heavy (non-hydrogen) atoms. The molecule has 0 radical (unpaired) electrons. The Balaban J connectivity index is 1.96. The van der Waals surface area contributed by atoms with E-state index in [1.165, 1.54) is 16.4 Å². The van der Waals surface area contributed by atoms with Crippen LogP contribution in [-0.2, 0) is 16.4 Å². The zero-order valence-electron chi connectivity index (χ0n) is 15.6. The van der Waals surface area contributed by atoms with Gasteiger partial charge in [0, 0.05) is 18.2 Å². The lowest BCUT2D eigenvalue weighted by Crippen LogP contribution is -2.36. The van der Waals surface area contributed by atoms with E-state index in [0.717, 1.165) is 5.56 Å². The van der Waals surface area contributed by atoms with Gasteiger partial charge in [-0.3, -0.25) is 9.10 Å². The second-order valence-corrected chi connectivity index (χ2v) is 9.35. The van der Waals surface area contributed by atoms with Gasteiger partial charge >= 0.3 is 0 Å². The van der Waals surface area contributed by atoms with Crippen molar-refractivity contribution < 1.29 is 13.2 Å². The van der Waals surface area contributed by atoms with Crippen molar-refractivity contribution in [1.29, 1.82) is 0 Å². The van der Waals surface area contributed by atoms with E-state index in [1.807, 2.05) is 39.0 Å². The Morgan fingerprint density at radius 3 is 2.56 bits per heavy atom. The van der Waals surface area contributed by atoms with Crippen molar-refractivity contribution in [2.45, 2.75) is 38.1 Å². The van der Waals surface area contributed by atoms with Crippen molar-refractivity contribution in [3.8, 4) is 0 Å². The van der Waals surface area contributed by atoms with Crippen molar-refractivity contribution in [2.24, 2.45) is 5.92 Å². The highest BCUT2D eigenvalue weighted by atomic mass is 35.5. The third kappa shape index (κ3) is 3.82. The fourth-order valence-corrected chi connectivity index (χ4v) is 4.98. The first-order valence-corrected chi connectivity index (χ1v) is 10.7. The fourth-order valence-electron chi connectivity index (χ4n) is 2.98. The van der Waals surface area contributed by atoms with E-state index in [0.29, 0.717) is 18.7 Å². The third-order valence-corrected chi connectivity index (χ3v) is 7.26. The molecule has 1 heterocycles. The van der Waals surface area contributed by atoms with E-state index >= 15 is 0 Å². The molecule has 0 saturated heterocycles. The minimum absolute atomic E-state index is 0.0290. The molecule has 0 aromatic heterocycles. The monoisotopic (exact) mass is 406 g/mol. The highest BCUT2D eigenvalue weighted by Crippen LogP contribution is 2.35. The summed E-state index contributed by atoms with van der Waals surface area (Å²) in [5.74, 6) is -0.0447. The predicted octanol–water partition coefficient (Wildman–Crippen LogP) is 3.87. The SMILES string of the molecule is CC(C)[C@@H](C)NC(=O)c1ccc(Cl)c(S(=O)(=O)N2CCc3ccccc32)c1. The molecule has 144 valence electrons. The molecule has 0 unspecified atom stereocenters. The number of anilines is 1. The Hall–Kier alpha value is -2.05. The second-order valence-electron chi connectivity index (χ2n) is 7.11. The fraction of sp³-hybridized carbons (Fsp3) is 0.350. The van der Waals surface area contributed by atoms with Crippen LogP contribution in [0.15, 0.2) is 47.4 Å². The summed E-state index contributed by atoms with van der Waals surface area (Å²) in [5.41, 5.74) is 1.92. The Morgan fingerprint density at radius 2 is 1.85 bits per heavy atom. The maximum absolute atomic E-state index is 13.2. The molecule has 0 spiro atoms. The van der Waals surface area contributed by atoms with Crippen molar-refractivity contribution in [3.05, 3.63) is 58.6 Å². The highest BCUT2D eigenvalue weighted by molar-refractivity contribution is 7.93. The van der Waals surface area contributed by atoms with Crippen molar-refractivity contribution in [1.82, 2.24) is 5.32 Å². The van der Waals surface area contributed by atoms with Gasteiger partial charge in [-0.15, -0.1) is 0 Å². The lowest BCUT2D eigenvalue weighted by molar-refractivity contribution is 0.0930. The summed E-state index contributed by atoms with van der Waals surface area (Å²) in [4.78, 5) is 12.5. The number of carbonyl (C=O) groups excluding carboxylic acids is 1. The molecule has 0 bridgehead atoms. The molecule has 2 aromatic carbocycles. The van der Waals surface area contributed by atoms with E-state index in [4.69, 9.17) is 11.6 Å². The Bertz CT molecular complexity index is 973. The van der Waals surface area contributed by atoms with Gasteiger partial charge in [0.25, 0.3) is 15.9 Å². The molecular weight excluding hydrogens is 384 g/mol. The zero-order chi connectivity index (χ0) is 19.8. The number of para-hydroxylation sites is 1. The molecule has 1 aliphatic rings. The van der Waals surface area contributed by atoms with E-state index < -0.39 is 10.0 Å². The minimum atomic E-state index is -3.86.